The zero-order valence-corrected chi connectivity index (χ0v) is 22.4. The highest BCUT2D eigenvalue weighted by molar-refractivity contribution is 6.07. The number of carbonyl (C=O) groups excluding carboxylic acids is 2. The number of rotatable bonds is 6. The Balaban J connectivity index is 1.21. The quantitative estimate of drug-likeness (QED) is 0.192. The van der Waals surface area contributed by atoms with Crippen molar-refractivity contribution in [1.82, 2.24) is 4.98 Å². The minimum Gasteiger partial charge on any atom is -0.454 e. The molecule has 1 heterocycles. The van der Waals surface area contributed by atoms with E-state index >= 15 is 0 Å². The molecule has 0 atom stereocenters. The van der Waals surface area contributed by atoms with Crippen molar-refractivity contribution < 1.29 is 19.2 Å². The van der Waals surface area contributed by atoms with Gasteiger partial charge in [-0.3, -0.25) is 14.9 Å². The van der Waals surface area contributed by atoms with Gasteiger partial charge in [0.2, 0.25) is 0 Å². The molecular weight excluding hydrogens is 504 g/mol. The van der Waals surface area contributed by atoms with E-state index in [-0.39, 0.29) is 23.5 Å². The predicted octanol–water partition coefficient (Wildman–Crippen LogP) is 6.96. The van der Waals surface area contributed by atoms with Gasteiger partial charge in [-0.2, -0.15) is 0 Å². The normalized spacial score (nSPS) is 27.5. The number of para-hydroxylation sites is 1. The van der Waals surface area contributed by atoms with E-state index in [0.29, 0.717) is 35.3 Å². The number of esters is 1. The van der Waals surface area contributed by atoms with Gasteiger partial charge in [0.05, 0.1) is 21.7 Å². The number of ether oxygens (including phenoxy) is 1. The maximum atomic E-state index is 13.7. The predicted molar refractivity (Wildman–Crippen MR) is 152 cm³/mol. The fourth-order valence-corrected chi connectivity index (χ4v) is 8.45. The van der Waals surface area contributed by atoms with E-state index < -0.39 is 10.9 Å². The molecule has 0 amide bonds. The van der Waals surface area contributed by atoms with Crippen molar-refractivity contribution in [2.45, 2.75) is 57.8 Å². The lowest BCUT2D eigenvalue weighted by atomic mass is 9.48. The number of hydrogen-bond donors (Lipinski definition) is 0. The number of ketones is 1. The van der Waals surface area contributed by atoms with Crippen molar-refractivity contribution in [1.29, 1.82) is 0 Å². The summed E-state index contributed by atoms with van der Waals surface area (Å²) in [5.41, 5.74) is 4.12. The molecule has 7 nitrogen and oxygen atoms in total. The van der Waals surface area contributed by atoms with Gasteiger partial charge in [0.15, 0.2) is 12.4 Å². The number of pyridine rings is 1. The molecule has 0 saturated heterocycles. The molecule has 8 rings (SSSR count). The third-order valence-corrected chi connectivity index (χ3v) is 9.76. The van der Waals surface area contributed by atoms with Gasteiger partial charge in [-0.05, 0) is 104 Å². The molecule has 0 unspecified atom stereocenters. The fraction of sp³-hybridized carbons (Fsp3) is 0.424. The second-order valence-electron chi connectivity index (χ2n) is 12.4. The number of nitro groups is 1. The Morgan fingerprint density at radius 2 is 1.73 bits per heavy atom. The summed E-state index contributed by atoms with van der Waals surface area (Å²) >= 11 is 0. The Bertz CT molecular complexity index is 1550. The minimum atomic E-state index is -0.468. The Hall–Kier alpha value is -3.87. The maximum absolute atomic E-state index is 13.7. The Morgan fingerprint density at radius 1 is 1.00 bits per heavy atom. The van der Waals surface area contributed by atoms with Crippen molar-refractivity contribution in [2.75, 3.05) is 6.61 Å². The van der Waals surface area contributed by atoms with Crippen LogP contribution in [0.25, 0.3) is 22.6 Å². The Kier molecular flexibility index (Phi) is 6.06. The first-order chi connectivity index (χ1) is 19.4. The monoisotopic (exact) mass is 536 g/mol. The number of carbonyl (C=O) groups is 2. The molecule has 0 aliphatic heterocycles. The van der Waals surface area contributed by atoms with Crippen molar-refractivity contribution in [2.24, 2.45) is 23.2 Å². The van der Waals surface area contributed by atoms with Crippen molar-refractivity contribution in [3.05, 3.63) is 81.0 Å². The third-order valence-electron chi connectivity index (χ3n) is 9.76. The fourth-order valence-electron chi connectivity index (χ4n) is 8.45. The van der Waals surface area contributed by atoms with Crippen LogP contribution in [0.1, 0.15) is 78.5 Å². The van der Waals surface area contributed by atoms with Gasteiger partial charge in [-0.25, -0.2) is 9.78 Å². The van der Waals surface area contributed by atoms with Crippen LogP contribution in [0.3, 0.4) is 0 Å². The van der Waals surface area contributed by atoms with Crippen LogP contribution in [0.15, 0.2) is 48.5 Å². The van der Waals surface area contributed by atoms with Gasteiger partial charge in [0.25, 0.3) is 5.69 Å². The van der Waals surface area contributed by atoms with E-state index in [1.165, 1.54) is 25.3 Å². The molecule has 5 aliphatic carbocycles. The molecule has 204 valence electrons. The first-order valence-electron chi connectivity index (χ1n) is 14.5. The summed E-state index contributed by atoms with van der Waals surface area (Å²) in [4.78, 5) is 43.2. The number of non-ortho nitro benzene ring substituents is 1. The van der Waals surface area contributed by atoms with Gasteiger partial charge in [0.1, 0.15) is 0 Å². The summed E-state index contributed by atoms with van der Waals surface area (Å²) in [5.74, 6) is 1.58. The van der Waals surface area contributed by atoms with Crippen molar-refractivity contribution >= 4 is 40.0 Å². The van der Waals surface area contributed by atoms with Crippen LogP contribution in [0.5, 0.6) is 0 Å². The first kappa shape index (κ1) is 25.1. The minimum absolute atomic E-state index is 0.0322. The zero-order chi connectivity index (χ0) is 27.4. The standard InChI is InChI=1S/C33H32N2O5/c36-29(33-16-21-11-22(17-33)13-23(12-21)18-33)19-40-32(37)30-26-8-1-2-10-28(26)34-31-24(6-4-9-27(30)31)14-20-5-3-7-25(15-20)35(38)39/h1-3,5,7-8,10,14-15,21-23H,4,6,9,11-13,16-19H2/b24-14-. The highest BCUT2D eigenvalue weighted by Gasteiger charge is 2.54. The third kappa shape index (κ3) is 4.32. The molecule has 2 aromatic carbocycles. The van der Waals surface area contributed by atoms with Crippen LogP contribution in [0, 0.1) is 33.3 Å². The number of Topliss-reactive ketones (excluding diaryl/α,β-unsaturated/α-hetero) is 1. The lowest BCUT2D eigenvalue weighted by Gasteiger charge is -2.55. The molecule has 0 radical (unpaired) electrons. The second-order valence-corrected chi connectivity index (χ2v) is 12.4. The van der Waals surface area contributed by atoms with Crippen molar-refractivity contribution in [3.8, 4) is 0 Å². The molecule has 4 fully saturated rings. The lowest BCUT2D eigenvalue weighted by molar-refractivity contribution is -0.384. The SMILES string of the molecule is O=C(OCC(=O)C12CC3CC(CC(C3)C1)C2)c1c2c(nc3ccccc13)/C(=C\c1cccc([N+](=O)[O-])c1)CCC2. The van der Waals surface area contributed by atoms with E-state index in [4.69, 9.17) is 9.72 Å². The van der Waals surface area contributed by atoms with Crippen LogP contribution in [-0.2, 0) is 16.0 Å². The van der Waals surface area contributed by atoms with Crippen LogP contribution >= 0.6 is 0 Å². The van der Waals surface area contributed by atoms with E-state index in [2.05, 4.69) is 0 Å². The number of allylic oxidation sites excluding steroid dienone is 1. The van der Waals surface area contributed by atoms with Gasteiger partial charge >= 0.3 is 5.97 Å². The number of fused-ring (bicyclic) bond motifs is 2. The highest BCUT2D eigenvalue weighted by atomic mass is 16.6. The summed E-state index contributed by atoms with van der Waals surface area (Å²) in [7, 11) is 0. The topological polar surface area (TPSA) is 99.4 Å². The molecule has 4 saturated carbocycles. The molecule has 40 heavy (non-hydrogen) atoms. The summed E-state index contributed by atoms with van der Waals surface area (Å²) < 4.78 is 5.84. The van der Waals surface area contributed by atoms with Gasteiger partial charge < -0.3 is 4.74 Å². The molecule has 5 aliphatic rings. The van der Waals surface area contributed by atoms with E-state index in [9.17, 15) is 19.7 Å². The first-order valence-corrected chi connectivity index (χ1v) is 14.5. The highest BCUT2D eigenvalue weighted by Crippen LogP contribution is 2.60. The average Bonchev–Trinajstić information content (AvgIpc) is 2.94. The molecule has 7 heteroatoms. The van der Waals surface area contributed by atoms with Gasteiger partial charge in [-0.15, -0.1) is 0 Å². The smallest absolute Gasteiger partial charge is 0.339 e. The van der Waals surface area contributed by atoms with Crippen LogP contribution in [0.2, 0.25) is 0 Å². The lowest BCUT2D eigenvalue weighted by Crippen LogP contribution is -2.51. The van der Waals surface area contributed by atoms with Gasteiger partial charge in [0, 0.05) is 22.9 Å². The largest absolute Gasteiger partial charge is 0.454 e. The van der Waals surface area contributed by atoms with E-state index in [1.54, 1.807) is 12.1 Å². The second kappa shape index (κ2) is 9.65. The van der Waals surface area contributed by atoms with E-state index in [1.807, 2.05) is 36.4 Å². The zero-order valence-electron chi connectivity index (χ0n) is 22.4. The van der Waals surface area contributed by atoms with Crippen LogP contribution < -0.4 is 0 Å². The number of nitrogens with zero attached hydrogens (tertiary/aromatic N) is 2. The number of nitro benzene ring substituents is 1. The van der Waals surface area contributed by atoms with Gasteiger partial charge in [-0.1, -0.05) is 30.3 Å². The number of benzene rings is 2. The molecule has 0 spiro atoms. The average molecular weight is 537 g/mol. The summed E-state index contributed by atoms with van der Waals surface area (Å²) in [6.07, 6.45) is 10.8. The molecule has 3 aromatic rings. The molecule has 1 aromatic heterocycles. The Morgan fingerprint density at radius 3 is 2.45 bits per heavy atom. The maximum Gasteiger partial charge on any atom is 0.339 e. The number of hydrogen-bond acceptors (Lipinski definition) is 6. The van der Waals surface area contributed by atoms with Crippen LogP contribution in [-0.4, -0.2) is 28.3 Å². The molecule has 4 bridgehead atoms. The summed E-state index contributed by atoms with van der Waals surface area (Å²) in [6.45, 7) is -0.174. The number of aromatic nitrogens is 1. The van der Waals surface area contributed by atoms with Crippen molar-refractivity contribution in [3.63, 3.8) is 0 Å². The van der Waals surface area contributed by atoms with Crippen LogP contribution in [0.4, 0.5) is 5.69 Å². The molecular formula is C33H32N2O5. The summed E-state index contributed by atoms with van der Waals surface area (Å²) in [5, 5.41) is 12.0. The van der Waals surface area contributed by atoms with E-state index in [0.717, 1.165) is 59.9 Å². The summed E-state index contributed by atoms with van der Waals surface area (Å²) in [6, 6.07) is 14.1. The Labute approximate surface area is 232 Å². The molecule has 0 N–H and O–H groups in total.